The topological polar surface area (TPSA) is 147 Å². The van der Waals surface area contributed by atoms with Crippen molar-refractivity contribution in [3.63, 3.8) is 0 Å². The largest absolute Gasteiger partial charge is 0.395 e. The summed E-state index contributed by atoms with van der Waals surface area (Å²) in [4.78, 5) is 20.1. The van der Waals surface area contributed by atoms with Gasteiger partial charge in [0.1, 0.15) is 6.07 Å². The number of aryl methyl sites for hydroxylation is 1. The molecule has 3 aromatic rings. The molecular weight excluding hydrogens is 466 g/mol. The van der Waals surface area contributed by atoms with Crippen molar-refractivity contribution in [2.24, 2.45) is 0 Å². The second kappa shape index (κ2) is 11.1. The van der Waals surface area contributed by atoms with Gasteiger partial charge in [-0.25, -0.2) is 9.97 Å². The van der Waals surface area contributed by atoms with E-state index in [4.69, 9.17) is 4.98 Å². The number of fused-ring (bicyclic) bond motifs is 1. The van der Waals surface area contributed by atoms with Gasteiger partial charge >= 0.3 is 0 Å². The van der Waals surface area contributed by atoms with Gasteiger partial charge in [-0.1, -0.05) is 13.0 Å². The van der Waals surface area contributed by atoms with Crippen molar-refractivity contribution in [2.75, 3.05) is 30.3 Å². The van der Waals surface area contributed by atoms with Gasteiger partial charge in [0, 0.05) is 42.9 Å². The number of hydrogen-bond donors (Lipinski definition) is 4. The summed E-state index contributed by atoms with van der Waals surface area (Å²) in [7, 11) is 0. The van der Waals surface area contributed by atoms with Crippen LogP contribution in [0, 0.1) is 22.7 Å². The first kappa shape index (κ1) is 25.6. The number of amides is 1. The van der Waals surface area contributed by atoms with E-state index in [1.165, 1.54) is 6.92 Å². The number of benzene rings is 2. The SMILES string of the molecule is CC(=O)NCCCCc1ccc(C#N)cc1Nc1nccc(-c2cc(C#N)c3c(c2)C(C)(CO)CN3)n1. The van der Waals surface area contributed by atoms with Crippen LogP contribution in [-0.2, 0) is 16.6 Å². The highest BCUT2D eigenvalue weighted by molar-refractivity contribution is 5.76. The smallest absolute Gasteiger partial charge is 0.227 e. The van der Waals surface area contributed by atoms with Crippen molar-refractivity contribution < 1.29 is 9.90 Å². The quantitative estimate of drug-likeness (QED) is 0.328. The summed E-state index contributed by atoms with van der Waals surface area (Å²) >= 11 is 0. The van der Waals surface area contributed by atoms with Gasteiger partial charge in [0.2, 0.25) is 11.9 Å². The number of unbranched alkanes of at least 4 members (excludes halogenated alkanes) is 1. The normalized spacial score (nSPS) is 15.7. The fourth-order valence-corrected chi connectivity index (χ4v) is 4.45. The third-order valence-electron chi connectivity index (χ3n) is 6.60. The highest BCUT2D eigenvalue weighted by Crippen LogP contribution is 2.41. The zero-order chi connectivity index (χ0) is 26.4. The van der Waals surface area contributed by atoms with Gasteiger partial charge in [-0.3, -0.25) is 4.79 Å². The van der Waals surface area contributed by atoms with Gasteiger partial charge < -0.3 is 21.1 Å². The number of hydrogen-bond acceptors (Lipinski definition) is 8. The molecule has 0 aliphatic carbocycles. The molecule has 1 aliphatic heterocycles. The van der Waals surface area contributed by atoms with Crippen molar-refractivity contribution in [2.45, 2.75) is 38.5 Å². The van der Waals surface area contributed by atoms with E-state index in [0.717, 1.165) is 47.3 Å². The van der Waals surface area contributed by atoms with Crippen molar-refractivity contribution in [1.29, 1.82) is 10.5 Å². The molecule has 9 nitrogen and oxygen atoms in total. The molecule has 0 bridgehead atoms. The van der Waals surface area contributed by atoms with Crippen LogP contribution in [0.3, 0.4) is 0 Å². The van der Waals surface area contributed by atoms with Gasteiger partial charge in [-0.15, -0.1) is 0 Å². The molecule has 0 radical (unpaired) electrons. The Hall–Kier alpha value is -4.47. The van der Waals surface area contributed by atoms with Crippen LogP contribution in [0.1, 0.15) is 48.9 Å². The summed E-state index contributed by atoms with van der Waals surface area (Å²) in [6, 6.07) is 15.4. The molecule has 1 amide bonds. The lowest BCUT2D eigenvalue weighted by atomic mass is 9.83. The molecule has 188 valence electrons. The third kappa shape index (κ3) is 5.69. The van der Waals surface area contributed by atoms with Gasteiger partial charge in [0.05, 0.1) is 35.2 Å². The Morgan fingerprint density at radius 1 is 1.19 bits per heavy atom. The molecule has 4 rings (SSSR count). The van der Waals surface area contributed by atoms with Crippen LogP contribution in [0.4, 0.5) is 17.3 Å². The van der Waals surface area contributed by atoms with Crippen molar-refractivity contribution in [1.82, 2.24) is 15.3 Å². The number of nitrogens with zero attached hydrogens (tertiary/aromatic N) is 4. The van der Waals surface area contributed by atoms with Gasteiger partial charge in [-0.2, -0.15) is 10.5 Å². The minimum atomic E-state index is -0.488. The number of aromatic nitrogens is 2. The summed E-state index contributed by atoms with van der Waals surface area (Å²) in [5.41, 5.74) is 5.34. The molecule has 1 aromatic heterocycles. The Balaban J connectivity index is 1.60. The molecule has 0 spiro atoms. The van der Waals surface area contributed by atoms with Crippen molar-refractivity contribution >= 4 is 23.2 Å². The monoisotopic (exact) mass is 495 g/mol. The Bertz CT molecular complexity index is 1410. The van der Waals surface area contributed by atoms with Crippen LogP contribution in [0.5, 0.6) is 0 Å². The van der Waals surface area contributed by atoms with E-state index in [2.05, 4.69) is 33.1 Å². The Labute approximate surface area is 216 Å². The van der Waals surface area contributed by atoms with Crippen LogP contribution < -0.4 is 16.0 Å². The summed E-state index contributed by atoms with van der Waals surface area (Å²) in [5.74, 6) is 0.328. The van der Waals surface area contributed by atoms with E-state index >= 15 is 0 Å². The van der Waals surface area contributed by atoms with Crippen LogP contribution in [0.15, 0.2) is 42.6 Å². The number of anilines is 3. The van der Waals surface area contributed by atoms with E-state index in [1.54, 1.807) is 30.5 Å². The molecule has 4 N–H and O–H groups in total. The molecule has 0 saturated carbocycles. The van der Waals surface area contributed by atoms with Crippen LogP contribution in [0.2, 0.25) is 0 Å². The molecule has 1 unspecified atom stereocenters. The summed E-state index contributed by atoms with van der Waals surface area (Å²) in [6.45, 7) is 4.60. The molecule has 0 saturated heterocycles. The average molecular weight is 496 g/mol. The van der Waals surface area contributed by atoms with Gasteiger partial charge in [0.15, 0.2) is 0 Å². The maximum Gasteiger partial charge on any atom is 0.227 e. The third-order valence-corrected chi connectivity index (χ3v) is 6.60. The molecule has 2 heterocycles. The minimum absolute atomic E-state index is 0.0409. The molecule has 1 aliphatic rings. The summed E-state index contributed by atoms with van der Waals surface area (Å²) in [6.07, 6.45) is 4.11. The summed E-state index contributed by atoms with van der Waals surface area (Å²) < 4.78 is 0. The Morgan fingerprint density at radius 2 is 2.03 bits per heavy atom. The highest BCUT2D eigenvalue weighted by Gasteiger charge is 2.36. The summed E-state index contributed by atoms with van der Waals surface area (Å²) in [5, 5.41) is 38.4. The van der Waals surface area contributed by atoms with E-state index in [9.17, 15) is 20.4 Å². The lowest BCUT2D eigenvalue weighted by molar-refractivity contribution is -0.118. The van der Waals surface area contributed by atoms with E-state index in [1.807, 2.05) is 19.1 Å². The fraction of sp³-hybridized carbons (Fsp3) is 0.321. The highest BCUT2D eigenvalue weighted by atomic mass is 16.3. The van der Waals surface area contributed by atoms with E-state index < -0.39 is 5.41 Å². The first-order chi connectivity index (χ1) is 17.9. The number of nitriles is 2. The number of aliphatic hydroxyl groups excluding tert-OH is 1. The Morgan fingerprint density at radius 3 is 2.76 bits per heavy atom. The maximum atomic E-state index is 11.1. The molecule has 37 heavy (non-hydrogen) atoms. The standard InChI is InChI=1S/C28H29N7O2/c1-18(37)31-9-4-3-5-20-7-6-19(14-29)11-25(20)35-27-32-10-8-24(34-27)21-12-22(15-30)26-23(13-21)28(2,17-36)16-33-26/h6-8,10-13,33,36H,3-5,9,16-17H2,1-2H3,(H,31,37)(H,32,34,35). The van der Waals surface area contributed by atoms with E-state index in [0.29, 0.717) is 35.9 Å². The van der Waals surface area contributed by atoms with Gasteiger partial charge in [0.25, 0.3) is 0 Å². The first-order valence-corrected chi connectivity index (χ1v) is 12.2. The van der Waals surface area contributed by atoms with Crippen LogP contribution in [0.25, 0.3) is 11.3 Å². The molecule has 1 atom stereocenters. The molecule has 2 aromatic carbocycles. The number of carbonyl (C=O) groups excluding carboxylic acids is 1. The molecule has 9 heteroatoms. The van der Waals surface area contributed by atoms with Gasteiger partial charge in [-0.05, 0) is 60.7 Å². The molecule has 0 fully saturated rings. The minimum Gasteiger partial charge on any atom is -0.395 e. The second-order valence-corrected chi connectivity index (χ2v) is 9.44. The van der Waals surface area contributed by atoms with Crippen LogP contribution >= 0.6 is 0 Å². The van der Waals surface area contributed by atoms with Crippen molar-refractivity contribution in [3.05, 3.63) is 64.8 Å². The second-order valence-electron chi connectivity index (χ2n) is 9.44. The fourth-order valence-electron chi connectivity index (χ4n) is 4.45. The number of aliphatic hydroxyl groups is 1. The number of carbonyl (C=O) groups is 1. The average Bonchev–Trinajstić information content (AvgIpc) is 3.25. The van der Waals surface area contributed by atoms with E-state index in [-0.39, 0.29) is 12.5 Å². The predicted molar refractivity (Wildman–Crippen MR) is 141 cm³/mol. The lowest BCUT2D eigenvalue weighted by Crippen LogP contribution is -2.28. The number of rotatable bonds is 9. The number of nitrogens with one attached hydrogen (secondary N) is 3. The maximum absolute atomic E-state index is 11.1. The van der Waals surface area contributed by atoms with Crippen molar-refractivity contribution in [3.8, 4) is 23.4 Å². The zero-order valence-electron chi connectivity index (χ0n) is 20.9. The predicted octanol–water partition coefficient (Wildman–Crippen LogP) is 3.76. The van der Waals surface area contributed by atoms with Crippen LogP contribution in [-0.4, -0.2) is 40.7 Å². The Kier molecular flexibility index (Phi) is 7.66. The molecular formula is C28H29N7O2. The first-order valence-electron chi connectivity index (χ1n) is 12.2. The zero-order valence-corrected chi connectivity index (χ0v) is 20.9. The lowest BCUT2D eigenvalue weighted by Gasteiger charge is -2.21.